The number of hydrogen-bond donors (Lipinski definition) is 2. The lowest BCUT2D eigenvalue weighted by atomic mass is 10.1. The molecule has 28 heavy (non-hydrogen) atoms. The molecule has 1 atom stereocenters. The molecule has 1 rings (SSSR count). The average molecular weight is 422 g/mol. The van der Waals surface area contributed by atoms with Crippen molar-refractivity contribution in [2.75, 3.05) is 32.2 Å². The van der Waals surface area contributed by atoms with E-state index in [9.17, 15) is 17.2 Å². The number of hydrogen-bond acceptors (Lipinski definition) is 5. The summed E-state index contributed by atoms with van der Waals surface area (Å²) in [6.45, 7) is 1.94. The average Bonchev–Trinajstić information content (AvgIpc) is 2.59. The first-order valence-electron chi connectivity index (χ1n) is 8.99. The highest BCUT2D eigenvalue weighted by Crippen LogP contribution is 2.29. The Morgan fingerprint density at radius 2 is 2.00 bits per heavy atom. The van der Waals surface area contributed by atoms with Gasteiger partial charge in [-0.25, -0.2) is 8.42 Å². The molecule has 0 radical (unpaired) electrons. The lowest BCUT2D eigenvalue weighted by Gasteiger charge is -2.17. The third-order valence-corrected chi connectivity index (χ3v) is 4.74. The predicted molar refractivity (Wildman–Crippen MR) is 106 cm³/mol. The van der Waals surface area contributed by atoms with Crippen LogP contribution in [0.4, 0.5) is 8.78 Å². The third kappa shape index (κ3) is 9.72. The number of methoxy groups -OCH3 is 1. The number of guanidine groups is 1. The van der Waals surface area contributed by atoms with Gasteiger partial charge < -0.3 is 20.1 Å². The smallest absolute Gasteiger partial charge is 0.387 e. The Balaban J connectivity index is 2.70. The monoisotopic (exact) mass is 421 g/mol. The number of rotatable bonds is 11. The first-order valence-corrected chi connectivity index (χ1v) is 11.0. The summed E-state index contributed by atoms with van der Waals surface area (Å²) in [5.41, 5.74) is 0.779. The fourth-order valence-electron chi connectivity index (χ4n) is 2.38. The van der Waals surface area contributed by atoms with Crippen LogP contribution in [-0.4, -0.2) is 59.2 Å². The molecule has 10 heteroatoms. The number of sulfone groups is 1. The maximum absolute atomic E-state index is 12.5. The molecule has 0 amide bonds. The molecule has 0 spiro atoms. The van der Waals surface area contributed by atoms with E-state index < -0.39 is 16.4 Å². The molecule has 2 N–H and O–H groups in total. The van der Waals surface area contributed by atoms with Crippen LogP contribution >= 0.6 is 0 Å². The Bertz CT molecular complexity index is 742. The molecule has 0 aliphatic carbocycles. The third-order valence-electron chi connectivity index (χ3n) is 3.76. The van der Waals surface area contributed by atoms with Gasteiger partial charge in [-0.1, -0.05) is 6.07 Å². The largest absolute Gasteiger partial charge is 0.493 e. The summed E-state index contributed by atoms with van der Waals surface area (Å²) in [6, 6.07) is 4.78. The summed E-state index contributed by atoms with van der Waals surface area (Å²) in [4.78, 5) is 4.45. The van der Waals surface area contributed by atoms with Gasteiger partial charge in [-0.05, 0) is 44.4 Å². The number of nitrogens with zero attached hydrogens (tertiary/aromatic N) is 1. The zero-order valence-electron chi connectivity index (χ0n) is 16.7. The highest BCUT2D eigenvalue weighted by Gasteiger charge is 2.12. The van der Waals surface area contributed by atoms with Crippen LogP contribution in [0.5, 0.6) is 11.5 Å². The Morgan fingerprint density at radius 1 is 1.29 bits per heavy atom. The fourth-order valence-corrected chi connectivity index (χ4v) is 3.16. The lowest BCUT2D eigenvalue weighted by molar-refractivity contribution is -0.0512. The van der Waals surface area contributed by atoms with Gasteiger partial charge in [0.2, 0.25) is 0 Å². The van der Waals surface area contributed by atoms with Crippen LogP contribution in [0.2, 0.25) is 0 Å². The Labute approximate surface area is 165 Å². The molecule has 0 fully saturated rings. The molecule has 0 aliphatic heterocycles. The van der Waals surface area contributed by atoms with Crippen LogP contribution in [0.1, 0.15) is 25.8 Å². The SMILES string of the molecule is CCNC(=NCCc1ccc(OC)c(OC(F)F)c1)NC(C)CCS(C)(=O)=O. The number of alkyl halides is 2. The molecule has 0 aliphatic rings. The molecule has 7 nitrogen and oxygen atoms in total. The summed E-state index contributed by atoms with van der Waals surface area (Å²) >= 11 is 0. The first-order chi connectivity index (χ1) is 13.1. The van der Waals surface area contributed by atoms with E-state index in [0.29, 0.717) is 31.9 Å². The molecule has 0 heterocycles. The topological polar surface area (TPSA) is 89.0 Å². The van der Waals surface area contributed by atoms with Crippen molar-refractivity contribution in [1.29, 1.82) is 0 Å². The maximum atomic E-state index is 12.5. The quantitative estimate of drug-likeness (QED) is 0.421. The zero-order valence-corrected chi connectivity index (χ0v) is 17.5. The van der Waals surface area contributed by atoms with Gasteiger partial charge in [0.15, 0.2) is 17.5 Å². The van der Waals surface area contributed by atoms with E-state index in [2.05, 4.69) is 20.4 Å². The van der Waals surface area contributed by atoms with E-state index in [-0.39, 0.29) is 23.3 Å². The molecule has 0 saturated heterocycles. The second-order valence-corrected chi connectivity index (χ2v) is 8.60. The summed E-state index contributed by atoms with van der Waals surface area (Å²) in [5.74, 6) is 0.890. The number of benzene rings is 1. The summed E-state index contributed by atoms with van der Waals surface area (Å²) in [5, 5.41) is 6.26. The maximum Gasteiger partial charge on any atom is 0.387 e. The summed E-state index contributed by atoms with van der Waals surface area (Å²) < 4.78 is 57.1. The van der Waals surface area contributed by atoms with Gasteiger partial charge in [-0.15, -0.1) is 0 Å². The van der Waals surface area contributed by atoms with Crippen molar-refractivity contribution in [2.45, 2.75) is 39.3 Å². The standard InChI is InChI=1S/C18H29F2N3O4S/c1-5-21-18(23-13(2)9-11-28(4,24)25)22-10-8-14-6-7-15(26-3)16(12-14)27-17(19)20/h6-7,12-13,17H,5,8-11H2,1-4H3,(H2,21,22,23). The van der Waals surface area contributed by atoms with E-state index in [0.717, 1.165) is 5.56 Å². The number of nitrogens with one attached hydrogen (secondary N) is 2. The molecule has 160 valence electrons. The van der Waals surface area contributed by atoms with Gasteiger partial charge >= 0.3 is 6.61 Å². The predicted octanol–water partition coefficient (Wildman–Crippen LogP) is 2.22. The van der Waals surface area contributed by atoms with E-state index in [1.54, 1.807) is 12.1 Å². The van der Waals surface area contributed by atoms with Gasteiger partial charge in [-0.3, -0.25) is 4.99 Å². The highest BCUT2D eigenvalue weighted by atomic mass is 32.2. The van der Waals surface area contributed by atoms with Crippen LogP contribution < -0.4 is 20.1 Å². The number of ether oxygens (including phenoxy) is 2. The van der Waals surface area contributed by atoms with Crippen LogP contribution in [0, 0.1) is 0 Å². The number of halogens is 2. The van der Waals surface area contributed by atoms with Crippen molar-refractivity contribution in [2.24, 2.45) is 4.99 Å². The van der Waals surface area contributed by atoms with Crippen molar-refractivity contribution in [1.82, 2.24) is 10.6 Å². The molecular formula is C18H29F2N3O4S. The minimum Gasteiger partial charge on any atom is -0.493 e. The minimum absolute atomic E-state index is 0.0154. The first kappa shape index (κ1) is 23.9. The van der Waals surface area contributed by atoms with Crippen LogP contribution in [0.25, 0.3) is 0 Å². The molecular weight excluding hydrogens is 392 g/mol. The van der Waals surface area contributed by atoms with Crippen LogP contribution in [0.3, 0.4) is 0 Å². The molecule has 1 aromatic rings. The van der Waals surface area contributed by atoms with Gasteiger partial charge in [0.25, 0.3) is 0 Å². The summed E-state index contributed by atoms with van der Waals surface area (Å²) in [7, 11) is -1.63. The van der Waals surface area contributed by atoms with Crippen molar-refractivity contribution >= 4 is 15.8 Å². The normalized spacial score (nSPS) is 13.3. The van der Waals surface area contributed by atoms with Crippen molar-refractivity contribution in [3.63, 3.8) is 0 Å². The van der Waals surface area contributed by atoms with Crippen LogP contribution in [-0.2, 0) is 16.3 Å². The molecule has 0 saturated carbocycles. The highest BCUT2D eigenvalue weighted by molar-refractivity contribution is 7.90. The van der Waals surface area contributed by atoms with Gasteiger partial charge in [0.1, 0.15) is 9.84 Å². The number of aliphatic imine (C=N–C) groups is 1. The van der Waals surface area contributed by atoms with Crippen LogP contribution in [0.15, 0.2) is 23.2 Å². The van der Waals surface area contributed by atoms with Gasteiger partial charge in [0.05, 0.1) is 12.9 Å². The van der Waals surface area contributed by atoms with Gasteiger partial charge in [0, 0.05) is 25.4 Å². The van der Waals surface area contributed by atoms with E-state index in [1.807, 2.05) is 13.8 Å². The lowest BCUT2D eigenvalue weighted by Crippen LogP contribution is -2.43. The van der Waals surface area contributed by atoms with Crippen molar-refractivity contribution in [3.05, 3.63) is 23.8 Å². The molecule has 0 aromatic heterocycles. The van der Waals surface area contributed by atoms with Crippen molar-refractivity contribution in [3.8, 4) is 11.5 Å². The second kappa shape index (κ2) is 11.7. The zero-order chi connectivity index (χ0) is 21.2. The summed E-state index contributed by atoms with van der Waals surface area (Å²) in [6.07, 6.45) is 2.19. The molecule has 0 bridgehead atoms. The Hall–Kier alpha value is -2.10. The minimum atomic E-state index is -3.01. The molecule has 1 aromatic carbocycles. The fraction of sp³-hybridized carbons (Fsp3) is 0.611. The van der Waals surface area contributed by atoms with E-state index >= 15 is 0 Å². The van der Waals surface area contributed by atoms with E-state index in [1.165, 1.54) is 19.4 Å². The van der Waals surface area contributed by atoms with Crippen molar-refractivity contribution < 1.29 is 26.7 Å². The van der Waals surface area contributed by atoms with Gasteiger partial charge in [-0.2, -0.15) is 8.78 Å². The van der Waals surface area contributed by atoms with E-state index in [4.69, 9.17) is 4.74 Å². The Kier molecular flexibility index (Phi) is 9.98. The molecule has 1 unspecified atom stereocenters. The second-order valence-electron chi connectivity index (χ2n) is 6.34. The Morgan fingerprint density at radius 3 is 2.57 bits per heavy atom.